The number of likely N-dealkylation sites (tertiary alicyclic amines) is 1. The van der Waals surface area contributed by atoms with Gasteiger partial charge in [-0.1, -0.05) is 0 Å². The van der Waals surface area contributed by atoms with E-state index in [1.807, 2.05) is 24.3 Å². The Labute approximate surface area is 242 Å². The Morgan fingerprint density at radius 1 is 1.26 bits per heavy atom. The number of nitrogens with zero attached hydrogens (tertiary/aromatic N) is 6. The molecule has 2 aliphatic rings. The molecule has 3 N–H and O–H groups in total. The van der Waals surface area contributed by atoms with E-state index in [0.29, 0.717) is 37.1 Å². The van der Waals surface area contributed by atoms with Gasteiger partial charge in [0.25, 0.3) is 5.91 Å². The van der Waals surface area contributed by atoms with E-state index < -0.39 is 24.3 Å². The first kappa shape index (κ1) is 29.1. The highest BCUT2D eigenvalue weighted by Crippen LogP contribution is 2.29. The van der Waals surface area contributed by atoms with Crippen molar-refractivity contribution in [3.8, 4) is 23.2 Å². The highest BCUT2D eigenvalue weighted by atomic mass is 19.1. The van der Waals surface area contributed by atoms with Gasteiger partial charge in [-0.3, -0.25) is 4.79 Å². The second kappa shape index (κ2) is 13.1. The SMILES string of the molecule is CC(O)C(=O)N1CC[C@H](Oc2ccc(-c3ncnc(Nc4ccc(N5CCOC[C@H]5CO)cc4)n3)cc2C#N)[C@H](F)C1. The summed E-state index contributed by atoms with van der Waals surface area (Å²) in [5, 5.41) is 32.1. The molecule has 2 saturated heterocycles. The van der Waals surface area contributed by atoms with Crippen molar-refractivity contribution in [1.82, 2.24) is 19.9 Å². The number of rotatable bonds is 8. The van der Waals surface area contributed by atoms with Crippen LogP contribution in [0.2, 0.25) is 0 Å². The molecule has 1 unspecified atom stereocenters. The maximum atomic E-state index is 14.8. The van der Waals surface area contributed by atoms with Crippen LogP contribution in [0, 0.1) is 11.3 Å². The summed E-state index contributed by atoms with van der Waals surface area (Å²) in [5.74, 6) is 0.343. The summed E-state index contributed by atoms with van der Waals surface area (Å²) in [4.78, 5) is 28.3. The average molecular weight is 578 g/mol. The quantitative estimate of drug-likeness (QED) is 0.360. The van der Waals surface area contributed by atoms with Crippen molar-refractivity contribution in [2.24, 2.45) is 0 Å². The standard InChI is InChI=1S/C29H32FN7O5/c1-18(39)28(40)36-9-8-26(24(30)14-36)42-25-7-2-19(12-20(25)13-31)27-32-17-33-29(35-27)34-21-3-5-22(6-4-21)37-10-11-41-16-23(37)15-38/h2-7,12,17-18,23-24,26,38-39H,8-11,14-16H2,1H3,(H,32,33,34,35)/t18?,23-,24-,26+/m1/s1. The van der Waals surface area contributed by atoms with Gasteiger partial charge in [0.05, 0.1) is 38.0 Å². The van der Waals surface area contributed by atoms with E-state index in [4.69, 9.17) is 9.47 Å². The maximum absolute atomic E-state index is 14.8. The molecular weight excluding hydrogens is 545 g/mol. The smallest absolute Gasteiger partial charge is 0.251 e. The normalized spacial score (nSPS) is 21.4. The van der Waals surface area contributed by atoms with Crippen molar-refractivity contribution < 1.29 is 28.9 Å². The van der Waals surface area contributed by atoms with Gasteiger partial charge in [0.2, 0.25) is 5.95 Å². The molecule has 3 aromatic rings. The summed E-state index contributed by atoms with van der Waals surface area (Å²) in [6, 6.07) is 14.5. The van der Waals surface area contributed by atoms with E-state index in [0.717, 1.165) is 11.4 Å². The number of benzene rings is 2. The number of morpholine rings is 1. The molecule has 0 saturated carbocycles. The minimum atomic E-state index is -1.47. The number of aliphatic hydroxyl groups excluding tert-OH is 2. The number of carbonyl (C=O) groups is 1. The summed E-state index contributed by atoms with van der Waals surface area (Å²) in [6.07, 6.45) is -1.91. The van der Waals surface area contributed by atoms with Crippen LogP contribution in [0.3, 0.4) is 0 Å². The molecular formula is C29H32FN7O5. The van der Waals surface area contributed by atoms with Crippen molar-refractivity contribution in [2.45, 2.75) is 37.8 Å². The molecule has 5 rings (SSSR count). The molecule has 12 nitrogen and oxygen atoms in total. The lowest BCUT2D eigenvalue weighted by atomic mass is 10.0. The third kappa shape index (κ3) is 6.57. The lowest BCUT2D eigenvalue weighted by Gasteiger charge is -2.36. The fourth-order valence-corrected chi connectivity index (χ4v) is 5.01. The number of amides is 1. The number of hydrogen-bond acceptors (Lipinski definition) is 11. The third-order valence-electron chi connectivity index (χ3n) is 7.25. The number of aromatic nitrogens is 3. The molecule has 0 spiro atoms. The Kier molecular flexibility index (Phi) is 9.06. The minimum absolute atomic E-state index is 0.0108. The topological polar surface area (TPSA) is 157 Å². The van der Waals surface area contributed by atoms with Crippen molar-refractivity contribution >= 4 is 23.2 Å². The monoisotopic (exact) mass is 577 g/mol. The van der Waals surface area contributed by atoms with E-state index in [1.54, 1.807) is 18.2 Å². The van der Waals surface area contributed by atoms with Gasteiger partial charge in [-0.05, 0) is 49.4 Å². The first-order valence-electron chi connectivity index (χ1n) is 13.7. The number of piperidine rings is 1. The number of carbonyl (C=O) groups excluding carboxylic acids is 1. The Hall–Kier alpha value is -4.38. The number of alkyl halides is 1. The number of hydrogen-bond donors (Lipinski definition) is 3. The molecule has 0 aliphatic carbocycles. The largest absolute Gasteiger partial charge is 0.486 e. The zero-order chi connectivity index (χ0) is 29.6. The summed E-state index contributed by atoms with van der Waals surface area (Å²) in [5.41, 5.74) is 2.48. The second-order valence-corrected chi connectivity index (χ2v) is 10.2. The number of halogens is 1. The number of anilines is 3. The zero-order valence-electron chi connectivity index (χ0n) is 23.1. The Morgan fingerprint density at radius 2 is 2.07 bits per heavy atom. The molecule has 3 heterocycles. The average Bonchev–Trinajstić information content (AvgIpc) is 3.02. The third-order valence-corrected chi connectivity index (χ3v) is 7.25. The molecule has 42 heavy (non-hydrogen) atoms. The van der Waals surface area contributed by atoms with Gasteiger partial charge in [-0.15, -0.1) is 0 Å². The molecule has 1 aromatic heterocycles. The molecule has 2 fully saturated rings. The van der Waals surface area contributed by atoms with Crippen LogP contribution in [0.25, 0.3) is 11.4 Å². The molecule has 13 heteroatoms. The minimum Gasteiger partial charge on any atom is -0.486 e. The molecule has 220 valence electrons. The first-order chi connectivity index (χ1) is 20.4. The Balaban J connectivity index is 1.25. The number of ether oxygens (including phenoxy) is 2. The van der Waals surface area contributed by atoms with Gasteiger partial charge in [-0.25, -0.2) is 14.4 Å². The molecule has 0 bridgehead atoms. The van der Waals surface area contributed by atoms with E-state index in [2.05, 4.69) is 31.2 Å². The van der Waals surface area contributed by atoms with Crippen molar-refractivity contribution in [3.63, 3.8) is 0 Å². The summed E-state index contributed by atoms with van der Waals surface area (Å²) in [6.45, 7) is 3.20. The molecule has 0 radical (unpaired) electrons. The predicted molar refractivity (Wildman–Crippen MR) is 151 cm³/mol. The van der Waals surface area contributed by atoms with Crippen LogP contribution in [0.5, 0.6) is 5.75 Å². The van der Waals surface area contributed by atoms with E-state index in [-0.39, 0.29) is 43.5 Å². The maximum Gasteiger partial charge on any atom is 0.251 e. The van der Waals surface area contributed by atoms with Crippen molar-refractivity contribution in [3.05, 3.63) is 54.4 Å². The van der Waals surface area contributed by atoms with Crippen LogP contribution in [0.4, 0.5) is 21.7 Å². The van der Waals surface area contributed by atoms with Gasteiger partial charge in [-0.2, -0.15) is 10.2 Å². The van der Waals surface area contributed by atoms with Gasteiger partial charge < -0.3 is 34.8 Å². The molecule has 1 amide bonds. The van der Waals surface area contributed by atoms with Crippen LogP contribution in [-0.4, -0.2) is 99.8 Å². The Morgan fingerprint density at radius 3 is 2.79 bits per heavy atom. The lowest BCUT2D eigenvalue weighted by Crippen LogP contribution is -2.51. The van der Waals surface area contributed by atoms with Crippen LogP contribution in [0.1, 0.15) is 18.9 Å². The summed E-state index contributed by atoms with van der Waals surface area (Å²) >= 11 is 0. The highest BCUT2D eigenvalue weighted by molar-refractivity contribution is 5.80. The van der Waals surface area contributed by atoms with Gasteiger partial charge >= 0.3 is 0 Å². The Bertz CT molecular complexity index is 1430. The fourth-order valence-electron chi connectivity index (χ4n) is 5.01. The van der Waals surface area contributed by atoms with Crippen molar-refractivity contribution in [2.75, 3.05) is 49.7 Å². The predicted octanol–water partition coefficient (Wildman–Crippen LogP) is 2.05. The van der Waals surface area contributed by atoms with E-state index in [1.165, 1.54) is 18.2 Å². The number of nitrogens with one attached hydrogen (secondary N) is 1. The van der Waals surface area contributed by atoms with Crippen LogP contribution in [0.15, 0.2) is 48.8 Å². The lowest BCUT2D eigenvalue weighted by molar-refractivity contribution is -0.143. The molecule has 2 aromatic carbocycles. The molecule has 4 atom stereocenters. The van der Waals surface area contributed by atoms with E-state index in [9.17, 15) is 24.7 Å². The van der Waals surface area contributed by atoms with E-state index >= 15 is 0 Å². The number of nitriles is 1. The summed E-state index contributed by atoms with van der Waals surface area (Å²) in [7, 11) is 0. The van der Waals surface area contributed by atoms with Gasteiger partial charge in [0.1, 0.15) is 30.4 Å². The number of aliphatic hydroxyl groups is 2. The van der Waals surface area contributed by atoms with Gasteiger partial charge in [0, 0.05) is 36.4 Å². The van der Waals surface area contributed by atoms with Crippen LogP contribution >= 0.6 is 0 Å². The molecule has 2 aliphatic heterocycles. The fraction of sp³-hybridized carbons (Fsp3) is 0.414. The summed E-state index contributed by atoms with van der Waals surface area (Å²) < 4.78 is 26.1. The van der Waals surface area contributed by atoms with Gasteiger partial charge in [0.15, 0.2) is 12.0 Å². The van der Waals surface area contributed by atoms with Crippen molar-refractivity contribution in [1.29, 1.82) is 5.26 Å². The first-order valence-corrected chi connectivity index (χ1v) is 13.7. The van der Waals surface area contributed by atoms with Crippen LogP contribution < -0.4 is 15.0 Å². The second-order valence-electron chi connectivity index (χ2n) is 10.2. The highest BCUT2D eigenvalue weighted by Gasteiger charge is 2.34. The zero-order valence-corrected chi connectivity index (χ0v) is 23.1. The van der Waals surface area contributed by atoms with Crippen LogP contribution in [-0.2, 0) is 9.53 Å².